The molecule has 0 radical (unpaired) electrons. The van der Waals surface area contributed by atoms with Crippen molar-refractivity contribution in [3.63, 3.8) is 0 Å². The van der Waals surface area contributed by atoms with Gasteiger partial charge >= 0.3 is 5.95 Å². The molecule has 0 saturated carbocycles. The van der Waals surface area contributed by atoms with Crippen LogP contribution >= 0.6 is 0 Å². The van der Waals surface area contributed by atoms with E-state index in [4.69, 9.17) is 10.5 Å². The molecular weight excluding hydrogens is 244 g/mol. The molecule has 0 unspecified atom stereocenters. The number of nitrogens with one attached hydrogen (secondary N) is 1. The molecule has 6 nitrogen and oxygen atoms in total. The fourth-order valence-electron chi connectivity index (χ4n) is 1.66. The van der Waals surface area contributed by atoms with Gasteiger partial charge in [-0.1, -0.05) is 38.1 Å². The molecule has 0 aliphatic heterocycles. The average molecular weight is 268 g/mol. The summed E-state index contributed by atoms with van der Waals surface area (Å²) in [7, 11) is 0. The predicted octanol–water partition coefficient (Wildman–Crippen LogP) is 2.08. The van der Waals surface area contributed by atoms with E-state index in [1.807, 2.05) is 6.92 Å². The zero-order chi connectivity index (χ0) is 14.1. The van der Waals surface area contributed by atoms with E-state index in [2.05, 4.69) is 17.2 Å². The summed E-state index contributed by atoms with van der Waals surface area (Å²) < 4.78 is 5.99. The van der Waals surface area contributed by atoms with Crippen LogP contribution in [-0.2, 0) is 0 Å². The topological polar surface area (TPSA) is 87.1 Å². The van der Waals surface area contributed by atoms with E-state index in [-0.39, 0.29) is 5.95 Å². The van der Waals surface area contributed by atoms with Gasteiger partial charge in [-0.2, -0.15) is 0 Å². The van der Waals surface area contributed by atoms with Gasteiger partial charge in [0.2, 0.25) is 5.82 Å². The molecule has 0 fully saturated rings. The van der Waals surface area contributed by atoms with Crippen molar-refractivity contribution in [1.29, 1.82) is 0 Å². The molecule has 0 aliphatic carbocycles. The van der Waals surface area contributed by atoms with E-state index in [1.165, 1.54) is 12.8 Å². The standard InChI is InChI=1S/C13H24N4O2/c1-3-5-6-7-8-15-11-10-12(19-9-4-2)16-13(14)17(11)18/h10,15H,3-9H2,1-2H3,(H2,14,16). The van der Waals surface area contributed by atoms with Crippen molar-refractivity contribution in [3.05, 3.63) is 11.3 Å². The van der Waals surface area contributed by atoms with Gasteiger partial charge in [-0.15, -0.1) is 0 Å². The Balaban J connectivity index is 2.57. The Bertz CT molecular complexity index is 385. The Morgan fingerprint density at radius 1 is 1.32 bits per heavy atom. The molecule has 1 heterocycles. The van der Waals surface area contributed by atoms with Crippen LogP contribution in [0, 0.1) is 5.21 Å². The van der Waals surface area contributed by atoms with Crippen molar-refractivity contribution in [1.82, 2.24) is 4.98 Å². The molecule has 0 amide bonds. The van der Waals surface area contributed by atoms with Gasteiger partial charge < -0.3 is 21.0 Å². The largest absolute Gasteiger partial charge is 0.754 e. The molecule has 0 saturated heterocycles. The van der Waals surface area contributed by atoms with Crippen molar-refractivity contribution in [2.75, 3.05) is 24.2 Å². The minimum atomic E-state index is -0.0929. The number of anilines is 2. The van der Waals surface area contributed by atoms with Gasteiger partial charge in [0.15, 0.2) is 0 Å². The van der Waals surface area contributed by atoms with Crippen molar-refractivity contribution >= 4 is 11.8 Å². The van der Waals surface area contributed by atoms with Gasteiger partial charge in [0.05, 0.1) is 12.7 Å². The van der Waals surface area contributed by atoms with Gasteiger partial charge in [-0.3, -0.25) is 0 Å². The monoisotopic (exact) mass is 268 g/mol. The van der Waals surface area contributed by atoms with Crippen LogP contribution in [0.5, 0.6) is 5.88 Å². The van der Waals surface area contributed by atoms with Crippen LogP contribution in [0.3, 0.4) is 0 Å². The molecule has 6 heteroatoms. The third kappa shape index (κ3) is 5.19. The number of nitrogens with zero attached hydrogens (tertiary/aromatic N) is 2. The highest BCUT2D eigenvalue weighted by atomic mass is 16.5. The summed E-state index contributed by atoms with van der Waals surface area (Å²) in [6, 6.07) is 1.60. The Labute approximate surface area is 114 Å². The molecule has 108 valence electrons. The van der Waals surface area contributed by atoms with Crippen molar-refractivity contribution in [2.45, 2.75) is 46.0 Å². The molecule has 0 aromatic carbocycles. The Kier molecular flexibility index (Phi) is 6.78. The predicted molar refractivity (Wildman–Crippen MR) is 76.0 cm³/mol. The molecule has 3 N–H and O–H groups in total. The number of aromatic nitrogens is 2. The fourth-order valence-corrected chi connectivity index (χ4v) is 1.66. The summed E-state index contributed by atoms with van der Waals surface area (Å²) in [5.41, 5.74) is 5.56. The maximum atomic E-state index is 11.7. The second kappa shape index (κ2) is 8.39. The van der Waals surface area contributed by atoms with Crippen molar-refractivity contribution in [3.8, 4) is 5.88 Å². The lowest BCUT2D eigenvalue weighted by Gasteiger charge is -2.14. The lowest BCUT2D eigenvalue weighted by Crippen LogP contribution is -2.36. The average Bonchev–Trinajstić information content (AvgIpc) is 2.41. The normalized spacial score (nSPS) is 10.4. The van der Waals surface area contributed by atoms with Crippen LogP contribution in [-0.4, -0.2) is 18.1 Å². The SMILES string of the molecule is CCCCCCNc1cc(OCCC)nc(N)[n+]1[O-]. The van der Waals surface area contributed by atoms with Gasteiger partial charge in [0.1, 0.15) is 0 Å². The molecular formula is C13H24N4O2. The number of hydrogen-bond acceptors (Lipinski definition) is 5. The number of nitrogens with two attached hydrogens (primary N) is 1. The maximum Gasteiger partial charge on any atom is 0.347 e. The third-order valence-electron chi connectivity index (χ3n) is 2.70. The van der Waals surface area contributed by atoms with Crippen LogP contribution in [0.2, 0.25) is 0 Å². The molecule has 0 atom stereocenters. The first-order valence-corrected chi connectivity index (χ1v) is 6.95. The highest BCUT2D eigenvalue weighted by Gasteiger charge is 2.10. The van der Waals surface area contributed by atoms with Gasteiger partial charge in [0.25, 0.3) is 5.88 Å². The van der Waals surface area contributed by atoms with E-state index in [1.54, 1.807) is 6.07 Å². The first-order valence-electron chi connectivity index (χ1n) is 6.95. The zero-order valence-corrected chi connectivity index (χ0v) is 11.8. The highest BCUT2D eigenvalue weighted by Crippen LogP contribution is 2.13. The molecule has 0 spiro atoms. The van der Waals surface area contributed by atoms with Crippen molar-refractivity contribution in [2.24, 2.45) is 0 Å². The smallest absolute Gasteiger partial charge is 0.347 e. The van der Waals surface area contributed by atoms with E-state index in [0.717, 1.165) is 25.8 Å². The fraction of sp³-hybridized carbons (Fsp3) is 0.692. The second-order valence-corrected chi connectivity index (χ2v) is 4.47. The molecule has 0 bridgehead atoms. The first kappa shape index (κ1) is 15.3. The number of ether oxygens (including phenoxy) is 1. The van der Waals surface area contributed by atoms with Gasteiger partial charge in [0, 0.05) is 6.54 Å². The molecule has 1 aromatic rings. The Morgan fingerprint density at radius 3 is 2.79 bits per heavy atom. The van der Waals surface area contributed by atoms with Crippen LogP contribution in [0.25, 0.3) is 0 Å². The number of hydrogen-bond donors (Lipinski definition) is 2. The quantitative estimate of drug-likeness (QED) is 0.407. The van der Waals surface area contributed by atoms with Crippen LogP contribution in [0.4, 0.5) is 11.8 Å². The summed E-state index contributed by atoms with van der Waals surface area (Å²) in [6.45, 7) is 5.48. The highest BCUT2D eigenvalue weighted by molar-refractivity contribution is 5.36. The number of unbranched alkanes of at least 4 members (excludes halogenated alkanes) is 3. The van der Waals surface area contributed by atoms with Crippen LogP contribution in [0.1, 0.15) is 46.0 Å². The van der Waals surface area contributed by atoms with E-state index in [0.29, 0.717) is 23.0 Å². The lowest BCUT2D eigenvalue weighted by atomic mass is 10.2. The van der Waals surface area contributed by atoms with E-state index >= 15 is 0 Å². The minimum Gasteiger partial charge on any atom is -0.754 e. The number of rotatable bonds is 9. The van der Waals surface area contributed by atoms with E-state index < -0.39 is 0 Å². The van der Waals surface area contributed by atoms with Crippen LogP contribution < -0.4 is 20.5 Å². The first-order chi connectivity index (χ1) is 9.19. The summed E-state index contributed by atoms with van der Waals surface area (Å²) in [6.07, 6.45) is 5.47. The Morgan fingerprint density at radius 2 is 2.11 bits per heavy atom. The maximum absolute atomic E-state index is 11.7. The lowest BCUT2D eigenvalue weighted by molar-refractivity contribution is -0.577. The molecule has 19 heavy (non-hydrogen) atoms. The molecule has 1 rings (SSSR count). The number of nitrogen functional groups attached to an aromatic ring is 1. The Hall–Kier alpha value is -1.72. The van der Waals surface area contributed by atoms with Crippen LogP contribution in [0.15, 0.2) is 6.07 Å². The molecule has 0 aliphatic rings. The van der Waals surface area contributed by atoms with Crippen molar-refractivity contribution < 1.29 is 9.47 Å². The summed E-state index contributed by atoms with van der Waals surface area (Å²) in [5.74, 6) is 0.697. The summed E-state index contributed by atoms with van der Waals surface area (Å²) >= 11 is 0. The van der Waals surface area contributed by atoms with Gasteiger partial charge in [-0.25, -0.2) is 4.73 Å². The minimum absolute atomic E-state index is 0.0929. The summed E-state index contributed by atoms with van der Waals surface area (Å²) in [4.78, 5) is 3.89. The molecule has 1 aromatic heterocycles. The zero-order valence-electron chi connectivity index (χ0n) is 11.8. The third-order valence-corrected chi connectivity index (χ3v) is 2.70. The second-order valence-electron chi connectivity index (χ2n) is 4.47. The van der Waals surface area contributed by atoms with E-state index in [9.17, 15) is 5.21 Å². The summed E-state index contributed by atoms with van der Waals surface area (Å²) in [5, 5.41) is 14.8. The van der Waals surface area contributed by atoms with Gasteiger partial charge in [-0.05, 0) is 12.8 Å².